The Morgan fingerprint density at radius 1 is 1.00 bits per heavy atom. The number of rotatable bonds is 4. The average molecular weight is 441 g/mol. The van der Waals surface area contributed by atoms with E-state index in [2.05, 4.69) is 36.5 Å². The van der Waals surface area contributed by atoms with Crippen LogP contribution in [0.1, 0.15) is 53.1 Å². The predicted octanol–water partition coefficient (Wildman–Crippen LogP) is 3.78. The molecule has 0 saturated carbocycles. The molecule has 0 aliphatic carbocycles. The number of nitrogens with zero attached hydrogens (tertiary/aromatic N) is 2. The molecule has 0 spiro atoms. The van der Waals surface area contributed by atoms with Crippen molar-refractivity contribution >= 4 is 49.3 Å². The van der Waals surface area contributed by atoms with Crippen LogP contribution in [-0.2, 0) is 22.7 Å². The van der Waals surface area contributed by atoms with Gasteiger partial charge in [0.15, 0.2) is 0 Å². The smallest absolute Gasteiger partial charge is 0.225 e. The molecule has 2 heterocycles. The quantitative estimate of drug-likeness (QED) is 0.757. The van der Waals surface area contributed by atoms with Crippen molar-refractivity contribution in [3.8, 4) is 0 Å². The van der Waals surface area contributed by atoms with Crippen LogP contribution in [0.3, 0.4) is 0 Å². The zero-order chi connectivity index (χ0) is 19.7. The summed E-state index contributed by atoms with van der Waals surface area (Å²) in [6.07, 6.45) is 0. The Labute approximate surface area is 166 Å². The molecular weight excluding hydrogens is 416 g/mol. The number of aromatic nitrogens is 2. The number of hydrogen-bond donors (Lipinski definition) is 2. The zero-order valence-electron chi connectivity index (χ0n) is 16.0. The van der Waals surface area contributed by atoms with Gasteiger partial charge in [0.25, 0.3) is 0 Å². The summed E-state index contributed by atoms with van der Waals surface area (Å²) in [7, 11) is 0. The van der Waals surface area contributed by atoms with E-state index in [-0.39, 0.29) is 18.4 Å². The number of hydrogen-bond acceptors (Lipinski definition) is 5. The molecule has 0 fully saturated rings. The highest BCUT2D eigenvalue weighted by Crippen LogP contribution is 2.30. The highest BCUT2D eigenvalue weighted by atomic mass is 79.9. The number of nitrogens with one attached hydrogen (secondary N) is 2. The molecule has 0 aliphatic heterocycles. The van der Waals surface area contributed by atoms with Crippen LogP contribution in [0.15, 0.2) is 9.85 Å². The standard InChI is InChI=1S/C18H25BrN4O2S/c1-17(2,3)15(24)20-8-11-10-7-12(19)26-14(10)23-13(22-11)9-21-16(25)18(4,5)6/h7H,8-9H2,1-6H3,(H,20,24)(H,21,25). The molecule has 2 rings (SSSR count). The lowest BCUT2D eigenvalue weighted by atomic mass is 9.96. The van der Waals surface area contributed by atoms with Crippen LogP contribution in [0.5, 0.6) is 0 Å². The fraction of sp³-hybridized carbons (Fsp3) is 0.556. The summed E-state index contributed by atoms with van der Waals surface area (Å²) in [5, 5.41) is 6.70. The minimum atomic E-state index is -0.473. The molecular formula is C18H25BrN4O2S. The second-order valence-electron chi connectivity index (χ2n) is 8.22. The molecule has 0 radical (unpaired) electrons. The summed E-state index contributed by atoms with van der Waals surface area (Å²) >= 11 is 4.98. The summed E-state index contributed by atoms with van der Waals surface area (Å²) in [4.78, 5) is 34.2. The molecule has 2 aromatic heterocycles. The lowest BCUT2D eigenvalue weighted by molar-refractivity contribution is -0.129. The van der Waals surface area contributed by atoms with Crippen LogP contribution in [0, 0.1) is 10.8 Å². The number of fused-ring (bicyclic) bond motifs is 1. The maximum Gasteiger partial charge on any atom is 0.225 e. The molecule has 2 aromatic rings. The van der Waals surface area contributed by atoms with E-state index < -0.39 is 10.8 Å². The average Bonchev–Trinajstić information content (AvgIpc) is 2.88. The van der Waals surface area contributed by atoms with E-state index >= 15 is 0 Å². The summed E-state index contributed by atoms with van der Waals surface area (Å²) in [6, 6.07) is 1.95. The van der Waals surface area contributed by atoms with Crippen LogP contribution in [0.4, 0.5) is 0 Å². The topological polar surface area (TPSA) is 84.0 Å². The fourth-order valence-corrected chi connectivity index (χ4v) is 3.56. The maximum atomic E-state index is 12.2. The molecule has 0 atom stereocenters. The zero-order valence-corrected chi connectivity index (χ0v) is 18.4. The lowest BCUT2D eigenvalue weighted by Crippen LogP contribution is -2.35. The van der Waals surface area contributed by atoms with Gasteiger partial charge in [-0.3, -0.25) is 9.59 Å². The molecule has 0 aromatic carbocycles. The van der Waals surface area contributed by atoms with Gasteiger partial charge in [-0.25, -0.2) is 9.97 Å². The van der Waals surface area contributed by atoms with Gasteiger partial charge >= 0.3 is 0 Å². The van der Waals surface area contributed by atoms with E-state index in [1.165, 1.54) is 11.3 Å². The van der Waals surface area contributed by atoms with Crippen molar-refractivity contribution in [2.75, 3.05) is 0 Å². The van der Waals surface area contributed by atoms with Crippen LogP contribution in [-0.4, -0.2) is 21.8 Å². The summed E-state index contributed by atoms with van der Waals surface area (Å²) < 4.78 is 0.945. The van der Waals surface area contributed by atoms with Gasteiger partial charge in [-0.2, -0.15) is 0 Å². The molecule has 2 amide bonds. The second-order valence-corrected chi connectivity index (χ2v) is 10.6. The molecule has 8 heteroatoms. The maximum absolute atomic E-state index is 12.2. The Morgan fingerprint density at radius 3 is 2.08 bits per heavy atom. The van der Waals surface area contributed by atoms with Crippen molar-refractivity contribution in [3.05, 3.63) is 21.4 Å². The van der Waals surface area contributed by atoms with E-state index in [4.69, 9.17) is 0 Å². The van der Waals surface area contributed by atoms with Gasteiger partial charge in [0, 0.05) is 16.2 Å². The van der Waals surface area contributed by atoms with Crippen molar-refractivity contribution in [2.24, 2.45) is 10.8 Å². The Morgan fingerprint density at radius 2 is 1.54 bits per heavy atom. The van der Waals surface area contributed by atoms with Crippen LogP contribution in [0.2, 0.25) is 0 Å². The first-order valence-corrected chi connectivity index (χ1v) is 10.0. The first-order chi connectivity index (χ1) is 11.9. The summed E-state index contributed by atoms with van der Waals surface area (Å²) in [5.74, 6) is 0.432. The van der Waals surface area contributed by atoms with Crippen molar-refractivity contribution in [3.63, 3.8) is 0 Å². The Bertz CT molecular complexity index is 834. The van der Waals surface area contributed by atoms with Gasteiger partial charge in [-0.15, -0.1) is 11.3 Å². The van der Waals surface area contributed by atoms with Crippen molar-refractivity contribution < 1.29 is 9.59 Å². The Kier molecular flexibility index (Phi) is 6.07. The fourth-order valence-electron chi connectivity index (χ4n) is 2.07. The van der Waals surface area contributed by atoms with Gasteiger partial charge in [-0.1, -0.05) is 41.5 Å². The highest BCUT2D eigenvalue weighted by molar-refractivity contribution is 9.11. The number of thiophene rings is 1. The minimum absolute atomic E-state index is 0.0406. The molecule has 0 saturated heterocycles. The van der Waals surface area contributed by atoms with Gasteiger partial charge < -0.3 is 10.6 Å². The van der Waals surface area contributed by atoms with Crippen molar-refractivity contribution in [2.45, 2.75) is 54.6 Å². The first-order valence-electron chi connectivity index (χ1n) is 8.39. The molecule has 2 N–H and O–H groups in total. The predicted molar refractivity (Wildman–Crippen MR) is 108 cm³/mol. The second kappa shape index (κ2) is 7.60. The van der Waals surface area contributed by atoms with Gasteiger partial charge in [0.2, 0.25) is 11.8 Å². The van der Waals surface area contributed by atoms with Crippen molar-refractivity contribution in [1.82, 2.24) is 20.6 Å². The van der Waals surface area contributed by atoms with E-state index in [0.717, 1.165) is 19.7 Å². The Hall–Kier alpha value is -1.54. The van der Waals surface area contributed by atoms with E-state index in [9.17, 15) is 9.59 Å². The molecule has 0 bridgehead atoms. The number of amides is 2. The van der Waals surface area contributed by atoms with E-state index in [1.807, 2.05) is 47.6 Å². The van der Waals surface area contributed by atoms with Gasteiger partial charge in [0.05, 0.1) is 22.6 Å². The third-order valence-electron chi connectivity index (χ3n) is 3.67. The molecule has 26 heavy (non-hydrogen) atoms. The first kappa shape index (κ1) is 20.8. The summed E-state index contributed by atoms with van der Waals surface area (Å²) in [5.41, 5.74) is -0.195. The minimum Gasteiger partial charge on any atom is -0.350 e. The van der Waals surface area contributed by atoms with Crippen LogP contribution in [0.25, 0.3) is 10.2 Å². The van der Waals surface area contributed by atoms with Gasteiger partial charge in [-0.05, 0) is 22.0 Å². The normalized spacial score (nSPS) is 12.3. The number of carbonyl (C=O) groups excluding carboxylic acids is 2. The largest absolute Gasteiger partial charge is 0.350 e. The van der Waals surface area contributed by atoms with E-state index in [1.54, 1.807) is 0 Å². The van der Waals surface area contributed by atoms with Crippen LogP contribution >= 0.6 is 27.3 Å². The third kappa shape index (κ3) is 5.23. The number of carbonyl (C=O) groups is 2. The third-order valence-corrected chi connectivity index (χ3v) is 5.21. The number of halogens is 1. The van der Waals surface area contributed by atoms with Gasteiger partial charge in [0.1, 0.15) is 10.7 Å². The molecule has 0 aliphatic rings. The van der Waals surface area contributed by atoms with Crippen molar-refractivity contribution in [1.29, 1.82) is 0 Å². The molecule has 6 nitrogen and oxygen atoms in total. The SMILES string of the molecule is CC(C)(C)C(=O)NCc1nc(CNC(=O)C(C)(C)C)c2cc(Br)sc2n1. The molecule has 142 valence electrons. The monoisotopic (exact) mass is 440 g/mol. The summed E-state index contributed by atoms with van der Waals surface area (Å²) in [6.45, 7) is 11.7. The van der Waals surface area contributed by atoms with E-state index in [0.29, 0.717) is 12.4 Å². The Balaban J connectivity index is 2.25. The lowest BCUT2D eigenvalue weighted by Gasteiger charge is -2.18. The highest BCUT2D eigenvalue weighted by Gasteiger charge is 2.23. The molecule has 0 unspecified atom stereocenters. The van der Waals surface area contributed by atoms with Crippen LogP contribution < -0.4 is 10.6 Å².